The largest absolute Gasteiger partial charge is 0.385 e. The van der Waals surface area contributed by atoms with Crippen molar-refractivity contribution in [1.29, 1.82) is 0 Å². The van der Waals surface area contributed by atoms with Gasteiger partial charge in [-0.1, -0.05) is 18.2 Å². The second kappa shape index (κ2) is 13.4. The van der Waals surface area contributed by atoms with Gasteiger partial charge in [-0.2, -0.15) is 0 Å². The maximum atomic E-state index is 13.2. The van der Waals surface area contributed by atoms with Crippen LogP contribution in [0.15, 0.2) is 59.5 Å². The Morgan fingerprint density at radius 2 is 1.80 bits per heavy atom. The Labute approximate surface area is 312 Å². The number of amides is 3. The fraction of sp³-hybridized carbons (Fsp3) is 0.450. The van der Waals surface area contributed by atoms with Crippen LogP contribution >= 0.6 is 0 Å². The van der Waals surface area contributed by atoms with E-state index in [4.69, 9.17) is 5.10 Å². The number of aromatic nitrogens is 5. The number of hydrogen-bond acceptors (Lipinski definition) is 9. The summed E-state index contributed by atoms with van der Waals surface area (Å²) in [4.78, 5) is 57.3. The van der Waals surface area contributed by atoms with E-state index in [0.29, 0.717) is 34.9 Å². The zero-order valence-corrected chi connectivity index (χ0v) is 30.7. The van der Waals surface area contributed by atoms with Crippen LogP contribution in [0.3, 0.4) is 0 Å². The molecule has 4 fully saturated rings. The molecule has 1 atom stereocenters. The predicted molar refractivity (Wildman–Crippen MR) is 205 cm³/mol. The first-order chi connectivity index (χ1) is 26.1. The van der Waals surface area contributed by atoms with E-state index in [0.717, 1.165) is 61.3 Å². The molecule has 0 bridgehead atoms. The van der Waals surface area contributed by atoms with Gasteiger partial charge in [0.2, 0.25) is 11.8 Å². The molecule has 0 radical (unpaired) electrons. The summed E-state index contributed by atoms with van der Waals surface area (Å²) in [5, 5.41) is 16.8. The number of likely N-dealkylation sites (tertiary alicyclic amines) is 1. The molecule has 14 heteroatoms. The number of benzene rings is 2. The van der Waals surface area contributed by atoms with Crippen LogP contribution < -0.4 is 27.0 Å². The van der Waals surface area contributed by atoms with Gasteiger partial charge in [-0.15, -0.1) is 5.10 Å². The smallest absolute Gasteiger partial charge is 0.329 e. The summed E-state index contributed by atoms with van der Waals surface area (Å²) in [5.41, 5.74) is 6.93. The van der Waals surface area contributed by atoms with Crippen molar-refractivity contribution in [3.8, 4) is 0 Å². The van der Waals surface area contributed by atoms with E-state index in [2.05, 4.69) is 61.5 Å². The molecule has 5 heterocycles. The topological polar surface area (TPSA) is 160 Å². The number of piperidine rings is 2. The van der Waals surface area contributed by atoms with Crippen LogP contribution in [0.2, 0.25) is 0 Å². The quantitative estimate of drug-likeness (QED) is 0.154. The number of nitrogens with zero attached hydrogens (tertiary/aromatic N) is 6. The number of imidazole rings is 2. The molecule has 4 aliphatic rings. The van der Waals surface area contributed by atoms with Crippen LogP contribution in [0.4, 0.5) is 17.2 Å². The van der Waals surface area contributed by atoms with Crippen LogP contribution in [0, 0.1) is 11.3 Å². The molecule has 2 aliphatic heterocycles. The molecular formula is C40H46N10O4. The number of rotatable bonds is 10. The summed E-state index contributed by atoms with van der Waals surface area (Å²) in [7, 11) is 3.59. The SMILES string of the molecule is CNc1cc(Nc2cccc(CN3CCC4(CC3)CC(Cc3ccc5c(c3)n(C)c(=O)n5C3CCC(=O)NC3=O)C4)c2)nn2c(C(=O)NC3CC3)cnc12. The molecule has 4 N–H and O–H groups in total. The van der Waals surface area contributed by atoms with Gasteiger partial charge in [0.25, 0.3) is 5.91 Å². The number of imide groups is 1. The minimum Gasteiger partial charge on any atom is -0.385 e. The van der Waals surface area contributed by atoms with Gasteiger partial charge in [0.1, 0.15) is 6.04 Å². The van der Waals surface area contributed by atoms with E-state index in [1.54, 1.807) is 26.9 Å². The van der Waals surface area contributed by atoms with E-state index in [1.807, 2.05) is 25.2 Å². The normalized spacial score (nSPS) is 20.3. The third kappa shape index (κ3) is 6.42. The van der Waals surface area contributed by atoms with Gasteiger partial charge in [-0.25, -0.2) is 14.3 Å². The first-order valence-electron chi connectivity index (χ1n) is 19.1. The van der Waals surface area contributed by atoms with Gasteiger partial charge in [0.15, 0.2) is 17.2 Å². The van der Waals surface area contributed by atoms with E-state index in [9.17, 15) is 19.2 Å². The Morgan fingerprint density at radius 1 is 0.981 bits per heavy atom. The van der Waals surface area contributed by atoms with Crippen LogP contribution in [0.25, 0.3) is 16.7 Å². The lowest BCUT2D eigenvalue weighted by Crippen LogP contribution is -2.47. The van der Waals surface area contributed by atoms with Gasteiger partial charge in [0.05, 0.1) is 22.9 Å². The van der Waals surface area contributed by atoms with Gasteiger partial charge in [-0.05, 0) is 111 Å². The Hall–Kier alpha value is -5.50. The van der Waals surface area contributed by atoms with Gasteiger partial charge < -0.3 is 16.0 Å². The number of fused-ring (bicyclic) bond motifs is 2. The van der Waals surface area contributed by atoms with Crippen LogP contribution in [-0.4, -0.2) is 72.5 Å². The molecular weight excluding hydrogens is 685 g/mol. The number of nitrogens with one attached hydrogen (secondary N) is 4. The van der Waals surface area contributed by atoms with Crippen molar-refractivity contribution >= 4 is 51.6 Å². The molecule has 3 amide bonds. The maximum Gasteiger partial charge on any atom is 0.329 e. The fourth-order valence-electron chi connectivity index (χ4n) is 9.01. The zero-order chi connectivity index (χ0) is 37.1. The second-order valence-corrected chi connectivity index (χ2v) is 15.9. The maximum absolute atomic E-state index is 13.2. The Bertz CT molecular complexity index is 2360. The molecule has 9 rings (SSSR count). The molecule has 5 aromatic rings. The molecule has 1 unspecified atom stereocenters. The number of carbonyl (C=O) groups excluding carboxylic acids is 3. The zero-order valence-electron chi connectivity index (χ0n) is 30.7. The molecule has 280 valence electrons. The van der Waals surface area contributed by atoms with E-state index >= 15 is 0 Å². The number of carbonyl (C=O) groups is 3. The summed E-state index contributed by atoms with van der Waals surface area (Å²) in [5.74, 6) is 0.383. The van der Waals surface area contributed by atoms with Crippen molar-refractivity contribution in [1.82, 2.24) is 39.3 Å². The lowest BCUT2D eigenvalue weighted by Gasteiger charge is -2.52. The molecule has 2 saturated carbocycles. The van der Waals surface area contributed by atoms with E-state index in [1.165, 1.54) is 36.8 Å². The molecule has 54 heavy (non-hydrogen) atoms. The van der Waals surface area contributed by atoms with Crippen LogP contribution in [0.5, 0.6) is 0 Å². The highest BCUT2D eigenvalue weighted by molar-refractivity contribution is 6.00. The first-order valence-corrected chi connectivity index (χ1v) is 19.1. The molecule has 1 spiro atoms. The average Bonchev–Trinajstić information content (AvgIpc) is 3.80. The minimum atomic E-state index is -0.669. The highest BCUT2D eigenvalue weighted by atomic mass is 16.2. The molecule has 2 aromatic carbocycles. The molecule has 2 saturated heterocycles. The highest BCUT2D eigenvalue weighted by Crippen LogP contribution is 2.53. The summed E-state index contributed by atoms with van der Waals surface area (Å²) in [6, 6.07) is 16.1. The summed E-state index contributed by atoms with van der Waals surface area (Å²) in [6.07, 6.45) is 9.99. The van der Waals surface area contributed by atoms with Crippen LogP contribution in [0.1, 0.15) is 79.0 Å². The second-order valence-electron chi connectivity index (χ2n) is 15.9. The summed E-state index contributed by atoms with van der Waals surface area (Å²) in [6.45, 7) is 3.03. The minimum absolute atomic E-state index is 0.160. The van der Waals surface area contributed by atoms with Crippen molar-refractivity contribution in [3.05, 3.63) is 82.0 Å². The summed E-state index contributed by atoms with van der Waals surface area (Å²) < 4.78 is 4.78. The monoisotopic (exact) mass is 730 g/mol. The average molecular weight is 731 g/mol. The Morgan fingerprint density at radius 3 is 2.56 bits per heavy atom. The van der Waals surface area contributed by atoms with E-state index < -0.39 is 11.9 Å². The lowest BCUT2D eigenvalue weighted by molar-refractivity contribution is -0.135. The molecule has 14 nitrogen and oxygen atoms in total. The lowest BCUT2D eigenvalue weighted by atomic mass is 9.56. The molecule has 2 aliphatic carbocycles. The van der Waals surface area contributed by atoms with Gasteiger partial charge >= 0.3 is 5.69 Å². The number of hydrogen-bond donors (Lipinski definition) is 4. The number of aryl methyl sites for hydroxylation is 1. The van der Waals surface area contributed by atoms with E-state index in [-0.39, 0.29) is 30.0 Å². The van der Waals surface area contributed by atoms with Crippen molar-refractivity contribution in [2.45, 2.75) is 76.4 Å². The van der Waals surface area contributed by atoms with Crippen molar-refractivity contribution < 1.29 is 14.4 Å². The van der Waals surface area contributed by atoms with Crippen molar-refractivity contribution in [3.63, 3.8) is 0 Å². The predicted octanol–water partition coefficient (Wildman–Crippen LogP) is 4.27. The van der Waals surface area contributed by atoms with Crippen molar-refractivity contribution in [2.24, 2.45) is 18.4 Å². The summed E-state index contributed by atoms with van der Waals surface area (Å²) >= 11 is 0. The van der Waals surface area contributed by atoms with Crippen LogP contribution in [-0.2, 0) is 29.6 Å². The Balaban J connectivity index is 0.801. The third-order valence-corrected chi connectivity index (χ3v) is 12.0. The van der Waals surface area contributed by atoms with Gasteiger partial charge in [-0.3, -0.25) is 33.7 Å². The third-order valence-electron chi connectivity index (χ3n) is 12.0. The Kier molecular flexibility index (Phi) is 8.52. The standard InChI is InChI=1S/C40H46N10O4/c1-41-29-19-34(46-50-33(22-42-36(29)50)38(53)44-27-7-8-27)43-28-5-3-4-25(17-28)23-48-14-12-40(13-15-48)20-26(21-40)16-24-6-9-30-32(18-24)47(2)39(54)49(30)31-10-11-35(51)45-37(31)52/h3-6,9,17-19,22,26-27,31,41H,7-8,10-16,20-21,23H2,1-2H3,(H,43,46)(H,44,53)(H,45,51,52). The molecule has 3 aromatic heterocycles. The van der Waals surface area contributed by atoms with Crippen molar-refractivity contribution in [2.75, 3.05) is 30.8 Å². The fourth-order valence-corrected chi connectivity index (χ4v) is 9.01. The van der Waals surface area contributed by atoms with Gasteiger partial charge in [0, 0.05) is 44.9 Å². The first kappa shape index (κ1) is 34.3. The number of anilines is 3. The highest BCUT2D eigenvalue weighted by Gasteiger charge is 2.45.